The van der Waals surface area contributed by atoms with E-state index in [1.54, 1.807) is 0 Å². The summed E-state index contributed by atoms with van der Waals surface area (Å²) < 4.78 is 5.29. The van der Waals surface area contributed by atoms with E-state index >= 15 is 0 Å². The van der Waals surface area contributed by atoms with Crippen LogP contribution in [0.25, 0.3) is 0 Å². The lowest BCUT2D eigenvalue weighted by molar-refractivity contribution is -0.122. The summed E-state index contributed by atoms with van der Waals surface area (Å²) >= 11 is 0. The number of amides is 3. The molecule has 0 bridgehead atoms. The van der Waals surface area contributed by atoms with E-state index in [-0.39, 0.29) is 11.9 Å². The maximum Gasteiger partial charge on any atom is 0.320 e. The molecule has 3 rings (SSSR count). The first kappa shape index (κ1) is 18.7. The lowest BCUT2D eigenvalue weighted by atomic mass is 10.1. The van der Waals surface area contributed by atoms with Crippen molar-refractivity contribution in [2.45, 2.75) is 13.5 Å². The highest BCUT2D eigenvalue weighted by Crippen LogP contribution is 2.08. The molecule has 2 heterocycles. The van der Waals surface area contributed by atoms with Crippen molar-refractivity contribution in [2.75, 3.05) is 59.0 Å². The normalized spacial score (nSPS) is 18.7. The van der Waals surface area contributed by atoms with Crippen molar-refractivity contribution in [1.29, 1.82) is 0 Å². The molecule has 2 saturated heterocycles. The van der Waals surface area contributed by atoms with Gasteiger partial charge in [0.05, 0.1) is 19.8 Å². The summed E-state index contributed by atoms with van der Waals surface area (Å²) in [6.45, 7) is 8.34. The lowest BCUT2D eigenvalue weighted by Crippen LogP contribution is -2.55. The van der Waals surface area contributed by atoms with Crippen molar-refractivity contribution < 1.29 is 14.3 Å². The second-order valence-corrected chi connectivity index (χ2v) is 6.91. The van der Waals surface area contributed by atoms with E-state index in [4.69, 9.17) is 4.74 Å². The number of carbonyl (C=O) groups excluding carboxylic acids is 2. The predicted molar refractivity (Wildman–Crippen MR) is 98.8 cm³/mol. The van der Waals surface area contributed by atoms with Crippen LogP contribution in [0.3, 0.4) is 0 Å². The molecule has 0 unspecified atom stereocenters. The van der Waals surface area contributed by atoms with E-state index in [0.29, 0.717) is 52.5 Å². The first-order chi connectivity index (χ1) is 12.6. The van der Waals surface area contributed by atoms with Gasteiger partial charge in [-0.3, -0.25) is 9.69 Å². The summed E-state index contributed by atoms with van der Waals surface area (Å²) in [5.74, 6) is 0.0264. The van der Waals surface area contributed by atoms with Gasteiger partial charge < -0.3 is 19.9 Å². The van der Waals surface area contributed by atoms with Gasteiger partial charge in [0, 0.05) is 45.8 Å². The fourth-order valence-corrected chi connectivity index (χ4v) is 3.22. The number of morpholine rings is 1. The molecule has 0 spiro atoms. The molecular weight excluding hydrogens is 332 g/mol. The van der Waals surface area contributed by atoms with Crippen LogP contribution >= 0.6 is 0 Å². The van der Waals surface area contributed by atoms with Gasteiger partial charge >= 0.3 is 6.03 Å². The second kappa shape index (κ2) is 9.00. The summed E-state index contributed by atoms with van der Waals surface area (Å²) in [4.78, 5) is 30.5. The van der Waals surface area contributed by atoms with Crippen LogP contribution in [0.2, 0.25) is 0 Å². The zero-order valence-electron chi connectivity index (χ0n) is 15.4. The Morgan fingerprint density at radius 1 is 0.962 bits per heavy atom. The molecule has 7 nitrogen and oxygen atoms in total. The Morgan fingerprint density at radius 3 is 2.23 bits per heavy atom. The standard InChI is InChI=1S/C19H28N4O3/c1-16-2-4-17(5-3-16)14-20-18(24)15-21-6-8-22(9-7-21)19(25)23-10-12-26-13-11-23/h2-5H,6-15H2,1H3,(H,20,24). The Hall–Kier alpha value is -2.12. The van der Waals surface area contributed by atoms with Crippen LogP contribution in [0.4, 0.5) is 4.79 Å². The molecule has 2 aliphatic heterocycles. The van der Waals surface area contributed by atoms with E-state index in [2.05, 4.69) is 10.2 Å². The van der Waals surface area contributed by atoms with Crippen molar-refractivity contribution in [1.82, 2.24) is 20.0 Å². The van der Waals surface area contributed by atoms with Gasteiger partial charge in [-0.1, -0.05) is 29.8 Å². The van der Waals surface area contributed by atoms with E-state index in [9.17, 15) is 9.59 Å². The number of rotatable bonds is 4. The van der Waals surface area contributed by atoms with Crippen LogP contribution < -0.4 is 5.32 Å². The van der Waals surface area contributed by atoms with Gasteiger partial charge in [0.1, 0.15) is 0 Å². The van der Waals surface area contributed by atoms with Crippen LogP contribution in [-0.4, -0.2) is 85.7 Å². The van der Waals surface area contributed by atoms with Crippen LogP contribution in [0, 0.1) is 6.92 Å². The van der Waals surface area contributed by atoms with Crippen LogP contribution in [0.15, 0.2) is 24.3 Å². The third kappa shape index (κ3) is 5.19. The first-order valence-corrected chi connectivity index (χ1v) is 9.28. The summed E-state index contributed by atoms with van der Waals surface area (Å²) in [7, 11) is 0. The molecule has 2 fully saturated rings. The number of urea groups is 1. The minimum atomic E-state index is 0.0264. The Kier molecular flexibility index (Phi) is 6.46. The minimum Gasteiger partial charge on any atom is -0.378 e. The van der Waals surface area contributed by atoms with Crippen LogP contribution in [0.1, 0.15) is 11.1 Å². The fourth-order valence-electron chi connectivity index (χ4n) is 3.22. The van der Waals surface area contributed by atoms with E-state index in [0.717, 1.165) is 18.7 Å². The molecule has 1 aromatic rings. The van der Waals surface area contributed by atoms with Gasteiger partial charge in [-0.15, -0.1) is 0 Å². The third-order valence-electron chi connectivity index (χ3n) is 4.90. The Balaban J connectivity index is 1.37. The predicted octanol–water partition coefficient (Wildman–Crippen LogP) is 0.681. The van der Waals surface area contributed by atoms with Crippen molar-refractivity contribution in [2.24, 2.45) is 0 Å². The number of hydrogen-bond donors (Lipinski definition) is 1. The molecule has 142 valence electrons. The molecule has 0 aliphatic carbocycles. The van der Waals surface area contributed by atoms with Crippen molar-refractivity contribution in [3.63, 3.8) is 0 Å². The molecule has 0 saturated carbocycles. The first-order valence-electron chi connectivity index (χ1n) is 9.28. The summed E-state index contributed by atoms with van der Waals surface area (Å²) in [5.41, 5.74) is 2.31. The maximum absolute atomic E-state index is 12.5. The average molecular weight is 360 g/mol. The Labute approximate surface area is 154 Å². The van der Waals surface area contributed by atoms with Gasteiger partial charge in [0.2, 0.25) is 5.91 Å². The lowest BCUT2D eigenvalue weighted by Gasteiger charge is -2.38. The van der Waals surface area contributed by atoms with Gasteiger partial charge in [-0.05, 0) is 12.5 Å². The van der Waals surface area contributed by atoms with Gasteiger partial charge in [-0.2, -0.15) is 0 Å². The Bertz CT molecular complexity index is 606. The second-order valence-electron chi connectivity index (χ2n) is 6.91. The van der Waals surface area contributed by atoms with Crippen LogP contribution in [0.5, 0.6) is 0 Å². The van der Waals surface area contributed by atoms with Crippen molar-refractivity contribution >= 4 is 11.9 Å². The summed E-state index contributed by atoms with van der Waals surface area (Å²) in [6, 6.07) is 8.26. The summed E-state index contributed by atoms with van der Waals surface area (Å²) in [6.07, 6.45) is 0. The zero-order chi connectivity index (χ0) is 18.4. The molecule has 3 amide bonds. The van der Waals surface area contributed by atoms with Crippen LogP contribution in [-0.2, 0) is 16.1 Å². The van der Waals surface area contributed by atoms with Gasteiger partial charge in [0.25, 0.3) is 0 Å². The monoisotopic (exact) mass is 360 g/mol. The van der Waals surface area contributed by atoms with Crippen molar-refractivity contribution in [3.8, 4) is 0 Å². The number of nitrogens with zero attached hydrogens (tertiary/aromatic N) is 3. The zero-order valence-corrected chi connectivity index (χ0v) is 15.4. The van der Waals surface area contributed by atoms with Crippen molar-refractivity contribution in [3.05, 3.63) is 35.4 Å². The van der Waals surface area contributed by atoms with E-state index < -0.39 is 0 Å². The molecule has 7 heteroatoms. The maximum atomic E-state index is 12.5. The van der Waals surface area contributed by atoms with Gasteiger partial charge in [-0.25, -0.2) is 4.79 Å². The SMILES string of the molecule is Cc1ccc(CNC(=O)CN2CCN(C(=O)N3CCOCC3)CC2)cc1. The third-order valence-corrected chi connectivity index (χ3v) is 4.90. The highest BCUT2D eigenvalue weighted by molar-refractivity contribution is 5.78. The average Bonchev–Trinajstić information content (AvgIpc) is 2.68. The number of carbonyl (C=O) groups is 2. The topological polar surface area (TPSA) is 65.1 Å². The molecule has 0 radical (unpaired) electrons. The molecule has 1 N–H and O–H groups in total. The number of benzene rings is 1. The molecule has 0 aromatic heterocycles. The number of piperazine rings is 1. The molecule has 1 aromatic carbocycles. The quantitative estimate of drug-likeness (QED) is 0.858. The Morgan fingerprint density at radius 2 is 1.58 bits per heavy atom. The molecular formula is C19H28N4O3. The number of nitrogens with one attached hydrogen (secondary N) is 1. The number of aryl methyl sites for hydroxylation is 1. The smallest absolute Gasteiger partial charge is 0.320 e. The fraction of sp³-hybridized carbons (Fsp3) is 0.579. The molecule has 26 heavy (non-hydrogen) atoms. The summed E-state index contributed by atoms with van der Waals surface area (Å²) in [5, 5.41) is 2.97. The minimum absolute atomic E-state index is 0.0264. The number of hydrogen-bond acceptors (Lipinski definition) is 4. The van der Waals surface area contributed by atoms with E-state index in [1.807, 2.05) is 41.0 Å². The molecule has 0 atom stereocenters. The number of ether oxygens (including phenoxy) is 1. The van der Waals surface area contributed by atoms with Gasteiger partial charge in [0.15, 0.2) is 0 Å². The van der Waals surface area contributed by atoms with E-state index in [1.165, 1.54) is 5.56 Å². The largest absolute Gasteiger partial charge is 0.378 e. The molecule has 2 aliphatic rings. The highest BCUT2D eigenvalue weighted by Gasteiger charge is 2.26. The highest BCUT2D eigenvalue weighted by atomic mass is 16.5.